The summed E-state index contributed by atoms with van der Waals surface area (Å²) in [6, 6.07) is 9.33. The largest absolute Gasteiger partial charge is 0.341 e. The molecule has 1 heterocycles. The minimum atomic E-state index is -3.17. The summed E-state index contributed by atoms with van der Waals surface area (Å²) in [5.74, 6) is -0.334. The topological polar surface area (TPSA) is 54.5 Å². The van der Waals surface area contributed by atoms with Crippen molar-refractivity contribution in [2.45, 2.75) is 12.5 Å². The van der Waals surface area contributed by atoms with E-state index in [4.69, 9.17) is 0 Å². The number of sulfone groups is 1. The molecule has 0 aliphatic carbocycles. The van der Waals surface area contributed by atoms with Gasteiger partial charge >= 0.3 is 0 Å². The fraction of sp³-hybridized carbons (Fsp3) is 0.385. The number of likely N-dealkylation sites (N-methyl/N-ethyl adjacent to an activating group) is 1. The number of nitrogens with zero attached hydrogens (tertiary/aromatic N) is 1. The third-order valence-corrected chi connectivity index (χ3v) is 4.73. The smallest absolute Gasteiger partial charge is 0.227 e. The lowest BCUT2D eigenvalue weighted by Gasteiger charge is -2.25. The molecule has 1 aromatic carbocycles. The number of rotatable bonds is 2. The van der Waals surface area contributed by atoms with Gasteiger partial charge in [-0.2, -0.15) is 0 Å². The van der Waals surface area contributed by atoms with E-state index in [0.717, 1.165) is 5.56 Å². The third kappa shape index (κ3) is 3.10. The van der Waals surface area contributed by atoms with Gasteiger partial charge in [-0.05, 0) is 12.0 Å². The van der Waals surface area contributed by atoms with Crippen molar-refractivity contribution < 1.29 is 13.2 Å². The van der Waals surface area contributed by atoms with E-state index in [1.54, 1.807) is 7.05 Å². The second-order valence-electron chi connectivity index (χ2n) is 4.57. The van der Waals surface area contributed by atoms with Crippen LogP contribution >= 0.6 is 0 Å². The first kappa shape index (κ1) is 13.1. The molecule has 97 valence electrons. The van der Waals surface area contributed by atoms with Crippen LogP contribution in [-0.2, 0) is 21.1 Å². The Morgan fingerprint density at radius 1 is 1.28 bits per heavy atom. The molecule has 0 saturated carbocycles. The van der Waals surface area contributed by atoms with Crippen molar-refractivity contribution >= 4 is 15.7 Å². The predicted molar refractivity (Wildman–Crippen MR) is 69.7 cm³/mol. The minimum Gasteiger partial charge on any atom is -0.341 e. The Labute approximate surface area is 108 Å². The zero-order valence-electron chi connectivity index (χ0n) is 10.2. The molecule has 0 bridgehead atoms. The number of amides is 1. The van der Waals surface area contributed by atoms with Crippen LogP contribution in [0.25, 0.3) is 0 Å². The van der Waals surface area contributed by atoms with E-state index in [9.17, 15) is 13.2 Å². The lowest BCUT2D eigenvalue weighted by Crippen LogP contribution is -2.40. The number of hydrogen-bond acceptors (Lipinski definition) is 3. The molecule has 1 aliphatic heterocycles. The highest BCUT2D eigenvalue weighted by Gasteiger charge is 2.30. The van der Waals surface area contributed by atoms with Gasteiger partial charge in [-0.1, -0.05) is 30.3 Å². The number of carbonyl (C=O) groups is 1. The highest BCUT2D eigenvalue weighted by atomic mass is 32.2. The molecule has 1 atom stereocenters. The first-order valence-electron chi connectivity index (χ1n) is 5.82. The first-order valence-corrected chi connectivity index (χ1v) is 7.64. The van der Waals surface area contributed by atoms with Gasteiger partial charge in [0.25, 0.3) is 0 Å². The van der Waals surface area contributed by atoms with E-state index in [2.05, 4.69) is 0 Å². The van der Waals surface area contributed by atoms with Gasteiger partial charge in [0.05, 0.1) is 17.9 Å². The van der Waals surface area contributed by atoms with Crippen LogP contribution in [0, 0.1) is 6.42 Å². The lowest BCUT2D eigenvalue weighted by molar-refractivity contribution is -0.127. The summed E-state index contributed by atoms with van der Waals surface area (Å²) in [5.41, 5.74) is 1.04. The molecule has 2 rings (SSSR count). The average Bonchev–Trinajstić information content (AvgIpc) is 2.43. The van der Waals surface area contributed by atoms with Crippen LogP contribution in [0.2, 0.25) is 0 Å². The van der Waals surface area contributed by atoms with E-state index in [-0.39, 0.29) is 23.5 Å². The van der Waals surface area contributed by atoms with E-state index in [1.807, 2.05) is 30.3 Å². The summed E-state index contributed by atoms with van der Waals surface area (Å²) in [4.78, 5) is 13.2. The van der Waals surface area contributed by atoms with Gasteiger partial charge in [0.2, 0.25) is 5.91 Å². The monoisotopic (exact) mass is 266 g/mol. The molecule has 0 N–H and O–H groups in total. The summed E-state index contributed by atoms with van der Waals surface area (Å²) < 4.78 is 23.5. The van der Waals surface area contributed by atoms with Crippen molar-refractivity contribution in [3.05, 3.63) is 42.3 Å². The summed E-state index contributed by atoms with van der Waals surface area (Å²) in [6.07, 6.45) is 1.82. The first-order chi connectivity index (χ1) is 8.48. The van der Waals surface area contributed by atoms with Crippen molar-refractivity contribution in [2.24, 2.45) is 0 Å². The van der Waals surface area contributed by atoms with Gasteiger partial charge in [0.1, 0.15) is 0 Å². The molecule has 0 spiro atoms. The Bertz CT molecular complexity index is 524. The Morgan fingerprint density at radius 3 is 2.61 bits per heavy atom. The second-order valence-corrected chi connectivity index (χ2v) is 6.73. The maximum atomic E-state index is 11.8. The number of carbonyl (C=O) groups excluding carboxylic acids is 1. The molecule has 1 amide bonds. The van der Waals surface area contributed by atoms with Crippen LogP contribution in [0.15, 0.2) is 30.3 Å². The van der Waals surface area contributed by atoms with Crippen LogP contribution < -0.4 is 0 Å². The Balaban J connectivity index is 2.21. The normalized spacial score (nSPS) is 23.7. The van der Waals surface area contributed by atoms with Crippen LogP contribution in [0.1, 0.15) is 5.56 Å². The molecule has 5 heteroatoms. The van der Waals surface area contributed by atoms with Gasteiger partial charge in [-0.25, -0.2) is 8.42 Å². The molecule has 4 nitrogen and oxygen atoms in total. The molecule has 1 saturated heterocycles. The predicted octanol–water partition coefficient (Wildman–Crippen LogP) is 0.689. The van der Waals surface area contributed by atoms with E-state index in [0.29, 0.717) is 6.42 Å². The zero-order valence-corrected chi connectivity index (χ0v) is 11.1. The van der Waals surface area contributed by atoms with Crippen LogP contribution in [0.3, 0.4) is 0 Å². The third-order valence-electron chi connectivity index (χ3n) is 3.17. The summed E-state index contributed by atoms with van der Waals surface area (Å²) in [5, 5.41) is 0. The van der Waals surface area contributed by atoms with Gasteiger partial charge in [-0.15, -0.1) is 0 Å². The van der Waals surface area contributed by atoms with E-state index >= 15 is 0 Å². The van der Waals surface area contributed by atoms with Crippen molar-refractivity contribution in [1.29, 1.82) is 0 Å². The molecule has 1 aromatic rings. The standard InChI is InChI=1S/C13H16NO3S/c1-14-12(9-11-5-3-2-4-6-11)10-18(16,17)8-7-13(14)15/h2-7,12H,8-10H2,1H3. The zero-order chi connectivity index (χ0) is 13.2. The van der Waals surface area contributed by atoms with Crippen molar-refractivity contribution in [3.8, 4) is 0 Å². The van der Waals surface area contributed by atoms with Gasteiger partial charge < -0.3 is 4.90 Å². The molecule has 1 unspecified atom stereocenters. The summed E-state index contributed by atoms with van der Waals surface area (Å²) >= 11 is 0. The molecule has 0 aromatic heterocycles. The average molecular weight is 266 g/mol. The molecule has 1 aliphatic rings. The maximum Gasteiger partial charge on any atom is 0.227 e. The minimum absolute atomic E-state index is 0.0284. The van der Waals surface area contributed by atoms with Crippen molar-refractivity contribution in [3.63, 3.8) is 0 Å². The van der Waals surface area contributed by atoms with Crippen molar-refractivity contribution in [1.82, 2.24) is 4.90 Å². The molecular weight excluding hydrogens is 250 g/mol. The summed E-state index contributed by atoms with van der Waals surface area (Å²) in [6.45, 7) is 0. The Hall–Kier alpha value is -1.36. The molecule has 18 heavy (non-hydrogen) atoms. The number of hydrogen-bond donors (Lipinski definition) is 0. The molecular formula is C13H16NO3S. The number of benzene rings is 1. The van der Waals surface area contributed by atoms with E-state index in [1.165, 1.54) is 11.3 Å². The highest BCUT2D eigenvalue weighted by molar-refractivity contribution is 7.91. The Morgan fingerprint density at radius 2 is 1.94 bits per heavy atom. The highest BCUT2D eigenvalue weighted by Crippen LogP contribution is 2.15. The molecule has 1 fully saturated rings. The summed E-state index contributed by atoms with van der Waals surface area (Å²) in [7, 11) is -1.51. The van der Waals surface area contributed by atoms with E-state index < -0.39 is 9.84 Å². The quantitative estimate of drug-likeness (QED) is 0.791. The fourth-order valence-electron chi connectivity index (χ4n) is 2.08. The van der Waals surface area contributed by atoms with Gasteiger partial charge in [-0.3, -0.25) is 4.79 Å². The Kier molecular flexibility index (Phi) is 3.71. The SMILES string of the molecule is CN1C(=O)[CH]CS(=O)(=O)CC1Cc1ccccc1. The molecule has 1 radical (unpaired) electrons. The van der Waals surface area contributed by atoms with Crippen LogP contribution in [-0.4, -0.2) is 43.8 Å². The second kappa shape index (κ2) is 5.10. The fourth-order valence-corrected chi connectivity index (χ4v) is 3.54. The van der Waals surface area contributed by atoms with Crippen LogP contribution in [0.4, 0.5) is 0 Å². The van der Waals surface area contributed by atoms with Gasteiger partial charge in [0.15, 0.2) is 9.84 Å². The maximum absolute atomic E-state index is 11.8. The van der Waals surface area contributed by atoms with Gasteiger partial charge in [0, 0.05) is 13.1 Å². The van der Waals surface area contributed by atoms with Crippen LogP contribution in [0.5, 0.6) is 0 Å². The van der Waals surface area contributed by atoms with Crippen molar-refractivity contribution in [2.75, 3.05) is 18.6 Å². The lowest BCUT2D eigenvalue weighted by atomic mass is 10.1.